The van der Waals surface area contributed by atoms with Crippen molar-refractivity contribution in [3.63, 3.8) is 0 Å². The van der Waals surface area contributed by atoms with E-state index in [0.717, 1.165) is 12.8 Å². The van der Waals surface area contributed by atoms with E-state index in [4.69, 9.17) is 10.8 Å². The van der Waals surface area contributed by atoms with Gasteiger partial charge in [-0.3, -0.25) is 0 Å². The lowest BCUT2D eigenvalue weighted by Crippen LogP contribution is -2.68. The molecule has 0 radical (unpaired) electrons. The quantitative estimate of drug-likeness (QED) is 0.480. The molecule has 2 bridgehead atoms. The van der Waals surface area contributed by atoms with Gasteiger partial charge in [0, 0.05) is 5.54 Å². The zero-order chi connectivity index (χ0) is 10.4. The van der Waals surface area contributed by atoms with Crippen molar-refractivity contribution in [2.24, 2.45) is 5.73 Å². The molecule has 0 saturated heterocycles. The molecule has 3 saturated carbocycles. The minimum Gasteiger partial charge on any atom is -0.465 e. The summed E-state index contributed by atoms with van der Waals surface area (Å²) in [4.78, 5) is 10.6. The predicted molar refractivity (Wildman–Crippen MR) is 49.9 cm³/mol. The maximum absolute atomic E-state index is 10.6. The summed E-state index contributed by atoms with van der Waals surface area (Å²) < 4.78 is 0. The van der Waals surface area contributed by atoms with Gasteiger partial charge in [-0.15, -0.1) is 0 Å². The topological polar surface area (TPSA) is 95.6 Å². The second-order valence-electron chi connectivity index (χ2n) is 4.67. The zero-order valence-corrected chi connectivity index (χ0v) is 7.99. The first-order chi connectivity index (χ1) is 6.46. The maximum Gasteiger partial charge on any atom is 0.405 e. The molecule has 3 fully saturated rings. The van der Waals surface area contributed by atoms with Crippen molar-refractivity contribution in [2.75, 3.05) is 0 Å². The number of aliphatic hydroxyl groups is 1. The number of hydrogen-bond donors (Lipinski definition) is 4. The van der Waals surface area contributed by atoms with Gasteiger partial charge in [0.05, 0.1) is 11.6 Å². The van der Waals surface area contributed by atoms with Crippen molar-refractivity contribution in [3.05, 3.63) is 0 Å². The van der Waals surface area contributed by atoms with Crippen LogP contribution in [0.4, 0.5) is 4.79 Å². The number of rotatable bonds is 1. The highest BCUT2D eigenvalue weighted by Gasteiger charge is 2.53. The van der Waals surface area contributed by atoms with Crippen LogP contribution in [0.5, 0.6) is 0 Å². The molecule has 3 aliphatic carbocycles. The van der Waals surface area contributed by atoms with Crippen molar-refractivity contribution >= 4 is 6.09 Å². The van der Waals surface area contributed by atoms with Crippen LogP contribution in [-0.4, -0.2) is 33.5 Å². The lowest BCUT2D eigenvalue weighted by Gasteiger charge is -2.54. The van der Waals surface area contributed by atoms with Crippen molar-refractivity contribution in [3.8, 4) is 0 Å². The molecule has 0 aromatic rings. The predicted octanol–water partition coefficient (Wildman–Crippen LogP) is 0.0289. The Morgan fingerprint density at radius 1 is 1.36 bits per heavy atom. The minimum absolute atomic E-state index is 0.263. The van der Waals surface area contributed by atoms with Gasteiger partial charge in [-0.2, -0.15) is 0 Å². The van der Waals surface area contributed by atoms with Crippen LogP contribution in [0.3, 0.4) is 0 Å². The summed E-state index contributed by atoms with van der Waals surface area (Å²) in [5.41, 5.74) is 5.15. The summed E-state index contributed by atoms with van der Waals surface area (Å²) in [6.45, 7) is 0. The van der Waals surface area contributed by atoms with Crippen molar-refractivity contribution in [2.45, 2.75) is 49.3 Å². The highest BCUT2D eigenvalue weighted by atomic mass is 16.4. The first-order valence-electron chi connectivity index (χ1n) is 4.94. The lowest BCUT2D eigenvalue weighted by molar-refractivity contribution is -0.0471. The van der Waals surface area contributed by atoms with Crippen LogP contribution in [0.25, 0.3) is 0 Å². The number of nitrogens with one attached hydrogen (secondary N) is 1. The highest BCUT2D eigenvalue weighted by Crippen LogP contribution is 2.45. The number of nitrogens with two attached hydrogens (primary N) is 1. The minimum atomic E-state index is -1.06. The molecule has 5 heteroatoms. The average molecular weight is 200 g/mol. The molecular formula is C9H16N2O3. The zero-order valence-electron chi connectivity index (χ0n) is 7.99. The number of aliphatic hydroxyl groups excluding tert-OH is 1. The normalized spacial score (nSPS) is 46.3. The molecule has 0 unspecified atom stereocenters. The van der Waals surface area contributed by atoms with Gasteiger partial charge in [-0.1, -0.05) is 0 Å². The van der Waals surface area contributed by atoms with Crippen LogP contribution in [0.1, 0.15) is 32.1 Å². The molecule has 0 spiro atoms. The van der Waals surface area contributed by atoms with Crippen LogP contribution in [0.2, 0.25) is 0 Å². The van der Waals surface area contributed by atoms with Crippen molar-refractivity contribution < 1.29 is 15.0 Å². The molecule has 0 aromatic heterocycles. The van der Waals surface area contributed by atoms with Crippen LogP contribution >= 0.6 is 0 Å². The van der Waals surface area contributed by atoms with Gasteiger partial charge in [0.2, 0.25) is 0 Å². The van der Waals surface area contributed by atoms with Gasteiger partial charge in [0.25, 0.3) is 0 Å². The molecule has 5 N–H and O–H groups in total. The largest absolute Gasteiger partial charge is 0.465 e. The smallest absolute Gasteiger partial charge is 0.405 e. The monoisotopic (exact) mass is 200 g/mol. The van der Waals surface area contributed by atoms with Gasteiger partial charge in [0.1, 0.15) is 0 Å². The molecule has 1 atom stereocenters. The fourth-order valence-electron chi connectivity index (χ4n) is 2.73. The van der Waals surface area contributed by atoms with Crippen molar-refractivity contribution in [1.82, 2.24) is 5.32 Å². The molecule has 5 nitrogen and oxygen atoms in total. The van der Waals surface area contributed by atoms with E-state index < -0.39 is 17.7 Å². The van der Waals surface area contributed by atoms with E-state index in [2.05, 4.69) is 5.32 Å². The molecule has 1 amide bonds. The van der Waals surface area contributed by atoms with Crippen LogP contribution in [0.15, 0.2) is 0 Å². The highest BCUT2D eigenvalue weighted by molar-refractivity contribution is 5.66. The SMILES string of the molecule is NC12CCC(NC(=O)O)(CC1)[C@@H](O)C2. The van der Waals surface area contributed by atoms with Crippen LogP contribution in [0, 0.1) is 0 Å². The summed E-state index contributed by atoms with van der Waals surface area (Å²) in [5, 5.41) is 21.0. The van der Waals surface area contributed by atoms with E-state index in [1.54, 1.807) is 0 Å². The fourth-order valence-corrected chi connectivity index (χ4v) is 2.73. The summed E-state index contributed by atoms with van der Waals surface area (Å²) in [6, 6.07) is 0. The van der Waals surface area contributed by atoms with Gasteiger partial charge in [-0.05, 0) is 32.1 Å². The maximum atomic E-state index is 10.6. The Kier molecular flexibility index (Phi) is 1.97. The Morgan fingerprint density at radius 2 is 1.93 bits per heavy atom. The molecule has 0 heterocycles. The van der Waals surface area contributed by atoms with Gasteiger partial charge >= 0.3 is 6.09 Å². The van der Waals surface area contributed by atoms with E-state index in [0.29, 0.717) is 19.3 Å². The molecular weight excluding hydrogens is 184 g/mol. The van der Waals surface area contributed by atoms with E-state index in [1.165, 1.54) is 0 Å². The summed E-state index contributed by atoms with van der Waals surface area (Å²) in [6.07, 6.45) is 1.71. The Bertz CT molecular complexity index is 259. The third-order valence-electron chi connectivity index (χ3n) is 3.73. The first kappa shape index (κ1) is 9.73. The molecule has 14 heavy (non-hydrogen) atoms. The standard InChI is InChI=1S/C9H16N2O3/c10-8-1-3-9(4-2-8,6(12)5-8)11-7(13)14/h6,11-12H,1-5,10H2,(H,13,14)/t6-,8?,9?/m0/s1. The number of hydrogen-bond acceptors (Lipinski definition) is 3. The number of carboxylic acid groups (broad SMARTS) is 1. The fraction of sp³-hybridized carbons (Fsp3) is 0.889. The molecule has 3 rings (SSSR count). The number of amides is 1. The molecule has 0 aliphatic heterocycles. The third kappa shape index (κ3) is 1.36. The Morgan fingerprint density at radius 3 is 2.36 bits per heavy atom. The first-order valence-corrected chi connectivity index (χ1v) is 4.94. The van der Waals surface area contributed by atoms with E-state index in [9.17, 15) is 9.90 Å². The van der Waals surface area contributed by atoms with Crippen LogP contribution < -0.4 is 11.1 Å². The summed E-state index contributed by atoms with van der Waals surface area (Å²) in [5.74, 6) is 0. The van der Waals surface area contributed by atoms with Crippen molar-refractivity contribution in [1.29, 1.82) is 0 Å². The number of fused-ring (bicyclic) bond motifs is 3. The van der Waals surface area contributed by atoms with E-state index >= 15 is 0 Å². The summed E-state index contributed by atoms with van der Waals surface area (Å²) in [7, 11) is 0. The lowest BCUT2D eigenvalue weighted by atomic mass is 9.60. The molecule has 0 aromatic carbocycles. The van der Waals surface area contributed by atoms with E-state index in [1.807, 2.05) is 0 Å². The average Bonchev–Trinajstić information content (AvgIpc) is 2.07. The van der Waals surface area contributed by atoms with Crippen LogP contribution in [-0.2, 0) is 0 Å². The second kappa shape index (κ2) is 2.84. The summed E-state index contributed by atoms with van der Waals surface area (Å²) >= 11 is 0. The van der Waals surface area contributed by atoms with Gasteiger partial charge in [-0.25, -0.2) is 4.79 Å². The second-order valence-corrected chi connectivity index (χ2v) is 4.67. The third-order valence-corrected chi connectivity index (χ3v) is 3.73. The van der Waals surface area contributed by atoms with Gasteiger partial charge in [0.15, 0.2) is 0 Å². The Hall–Kier alpha value is -0.810. The Labute approximate surface area is 82.3 Å². The number of carbonyl (C=O) groups is 1. The molecule has 3 aliphatic rings. The molecule has 80 valence electrons. The Balaban J connectivity index is 2.17. The van der Waals surface area contributed by atoms with E-state index in [-0.39, 0.29) is 5.54 Å². The van der Waals surface area contributed by atoms with Gasteiger partial charge < -0.3 is 21.3 Å².